The van der Waals surface area contributed by atoms with Crippen LogP contribution in [0, 0.1) is 0 Å². The van der Waals surface area contributed by atoms with Gasteiger partial charge in [-0.3, -0.25) is 14.4 Å². The second-order valence-corrected chi connectivity index (χ2v) is 14.9. The maximum Gasteiger partial charge on any atom is 0.306 e. The fourth-order valence-corrected chi connectivity index (χ4v) is 5.84. The molecule has 0 aliphatic rings. The molecule has 0 aromatic carbocycles. The zero-order valence-corrected chi connectivity index (χ0v) is 37.3. The summed E-state index contributed by atoms with van der Waals surface area (Å²) in [4.78, 5) is 37.8. The number of carbonyl (C=O) groups is 3. The minimum Gasteiger partial charge on any atom is -0.462 e. The molecule has 0 spiro atoms. The predicted molar refractivity (Wildman–Crippen MR) is 247 cm³/mol. The summed E-state index contributed by atoms with van der Waals surface area (Å²) in [6, 6.07) is 0. The van der Waals surface area contributed by atoms with Gasteiger partial charge in [0.25, 0.3) is 0 Å². The molecule has 0 bridgehead atoms. The van der Waals surface area contributed by atoms with Gasteiger partial charge < -0.3 is 14.2 Å². The number of ether oxygens (including phenoxy) is 3. The Morgan fingerprint density at radius 3 is 1.07 bits per heavy atom. The lowest BCUT2D eigenvalue weighted by Gasteiger charge is -2.18. The zero-order chi connectivity index (χ0) is 42.3. The summed E-state index contributed by atoms with van der Waals surface area (Å²) in [6.45, 7) is 6.28. The van der Waals surface area contributed by atoms with Gasteiger partial charge in [0.2, 0.25) is 0 Å². The Morgan fingerprint density at radius 2 is 0.672 bits per heavy atom. The molecule has 58 heavy (non-hydrogen) atoms. The molecule has 1 unspecified atom stereocenters. The number of hydrogen-bond acceptors (Lipinski definition) is 6. The molecule has 328 valence electrons. The van der Waals surface area contributed by atoms with Crippen molar-refractivity contribution in [2.24, 2.45) is 0 Å². The highest BCUT2D eigenvalue weighted by atomic mass is 16.6. The summed E-state index contributed by atoms with van der Waals surface area (Å²) >= 11 is 0. The van der Waals surface area contributed by atoms with Crippen molar-refractivity contribution >= 4 is 17.9 Å². The molecule has 0 heterocycles. The fourth-order valence-electron chi connectivity index (χ4n) is 5.84. The molecule has 0 rings (SSSR count). The van der Waals surface area contributed by atoms with Gasteiger partial charge in [0, 0.05) is 19.3 Å². The van der Waals surface area contributed by atoms with Crippen LogP contribution in [0.3, 0.4) is 0 Å². The Bertz CT molecular complexity index is 1200. The third-order valence-electron chi connectivity index (χ3n) is 9.30. The topological polar surface area (TPSA) is 78.9 Å². The van der Waals surface area contributed by atoms with Crippen LogP contribution in [0.4, 0.5) is 0 Å². The van der Waals surface area contributed by atoms with E-state index in [1.54, 1.807) is 0 Å². The van der Waals surface area contributed by atoms with Gasteiger partial charge in [-0.2, -0.15) is 0 Å². The van der Waals surface area contributed by atoms with Crippen molar-refractivity contribution in [1.82, 2.24) is 0 Å². The average molecular weight is 805 g/mol. The lowest BCUT2D eigenvalue weighted by atomic mass is 10.1. The van der Waals surface area contributed by atoms with Crippen LogP contribution < -0.4 is 0 Å². The smallest absolute Gasteiger partial charge is 0.306 e. The molecule has 0 aliphatic heterocycles. The van der Waals surface area contributed by atoms with Crippen LogP contribution in [0.15, 0.2) is 97.2 Å². The molecular formula is C52H84O6. The van der Waals surface area contributed by atoms with Gasteiger partial charge in [-0.05, 0) is 109 Å². The van der Waals surface area contributed by atoms with E-state index in [-0.39, 0.29) is 37.5 Å². The standard InChI is InChI=1S/C52H84O6/c1-4-7-10-13-16-19-22-25-28-30-33-36-39-42-45-51(54)57-48-49(58-52(55)46-43-40-37-34-31-27-24-21-18-15-12-9-6-3)47-56-50(53)44-41-38-35-32-29-26-23-20-17-14-11-8-5-2/h8-9,11-13,16-18,20-22,25-27,29,31,49H,4-7,10,14-15,19,23-24,28,30,32-48H2,1-3H3/b11-8-,12-9-,16-13-,20-17-,21-18-,25-22-,29-26-,31-27-. The second kappa shape index (κ2) is 46.0. The van der Waals surface area contributed by atoms with E-state index in [1.807, 2.05) is 0 Å². The van der Waals surface area contributed by atoms with Crippen LogP contribution in [0.25, 0.3) is 0 Å². The monoisotopic (exact) mass is 805 g/mol. The summed E-state index contributed by atoms with van der Waals surface area (Å²) in [7, 11) is 0. The highest BCUT2D eigenvalue weighted by molar-refractivity contribution is 5.71. The van der Waals surface area contributed by atoms with Crippen LogP contribution in [0.1, 0.15) is 194 Å². The van der Waals surface area contributed by atoms with E-state index in [4.69, 9.17) is 14.2 Å². The third kappa shape index (κ3) is 43.5. The number of esters is 3. The van der Waals surface area contributed by atoms with E-state index in [9.17, 15) is 14.4 Å². The Hall–Kier alpha value is -3.67. The molecule has 0 aromatic rings. The molecular weight excluding hydrogens is 721 g/mol. The molecule has 0 fully saturated rings. The van der Waals surface area contributed by atoms with Crippen molar-refractivity contribution in [2.75, 3.05) is 13.2 Å². The maximum absolute atomic E-state index is 12.7. The maximum atomic E-state index is 12.7. The first-order valence-electron chi connectivity index (χ1n) is 23.2. The van der Waals surface area contributed by atoms with E-state index >= 15 is 0 Å². The summed E-state index contributed by atoms with van der Waals surface area (Å²) < 4.78 is 16.7. The van der Waals surface area contributed by atoms with Gasteiger partial charge in [-0.15, -0.1) is 0 Å². The molecule has 0 saturated heterocycles. The highest BCUT2D eigenvalue weighted by Crippen LogP contribution is 2.12. The minimum atomic E-state index is -0.810. The Balaban J connectivity index is 4.52. The Morgan fingerprint density at radius 1 is 0.362 bits per heavy atom. The first-order chi connectivity index (χ1) is 28.5. The first kappa shape index (κ1) is 54.3. The van der Waals surface area contributed by atoms with E-state index in [1.165, 1.54) is 19.3 Å². The predicted octanol–water partition coefficient (Wildman–Crippen LogP) is 15.0. The molecule has 6 nitrogen and oxygen atoms in total. The molecule has 6 heteroatoms. The van der Waals surface area contributed by atoms with Gasteiger partial charge in [-0.25, -0.2) is 0 Å². The molecule has 0 aliphatic carbocycles. The zero-order valence-electron chi connectivity index (χ0n) is 37.3. The van der Waals surface area contributed by atoms with Crippen LogP contribution in [0.5, 0.6) is 0 Å². The van der Waals surface area contributed by atoms with Crippen LogP contribution in [0.2, 0.25) is 0 Å². The number of hydrogen-bond donors (Lipinski definition) is 0. The van der Waals surface area contributed by atoms with Gasteiger partial charge in [0.1, 0.15) is 13.2 Å². The SMILES string of the molecule is CC/C=C\C/C=C\C/C=C\CCCCCC(=O)OCC(COC(=O)CCCCCCC/C=C\C/C=C\CCCC)OC(=O)CCCCC/C=C\C/C=C\C/C=C\CC. The van der Waals surface area contributed by atoms with Crippen molar-refractivity contribution in [1.29, 1.82) is 0 Å². The molecule has 0 N–H and O–H groups in total. The Labute approximate surface area is 356 Å². The Kier molecular flexibility index (Phi) is 43.1. The van der Waals surface area contributed by atoms with Crippen molar-refractivity contribution < 1.29 is 28.6 Å². The van der Waals surface area contributed by atoms with E-state index in [0.717, 1.165) is 135 Å². The molecule has 0 radical (unpaired) electrons. The fraction of sp³-hybridized carbons (Fsp3) is 0.635. The third-order valence-corrected chi connectivity index (χ3v) is 9.30. The summed E-state index contributed by atoms with van der Waals surface area (Å²) in [5.74, 6) is -0.991. The summed E-state index contributed by atoms with van der Waals surface area (Å²) in [5.41, 5.74) is 0. The normalized spacial score (nSPS) is 12.9. The van der Waals surface area contributed by atoms with Crippen molar-refractivity contribution in [2.45, 2.75) is 200 Å². The van der Waals surface area contributed by atoms with Crippen LogP contribution >= 0.6 is 0 Å². The van der Waals surface area contributed by atoms with Crippen molar-refractivity contribution in [3.8, 4) is 0 Å². The molecule has 1 atom stereocenters. The van der Waals surface area contributed by atoms with Crippen molar-refractivity contribution in [3.05, 3.63) is 97.2 Å². The van der Waals surface area contributed by atoms with E-state index < -0.39 is 6.10 Å². The quantitative estimate of drug-likeness (QED) is 0.0266. The highest BCUT2D eigenvalue weighted by Gasteiger charge is 2.19. The largest absolute Gasteiger partial charge is 0.462 e. The number of unbranched alkanes of at least 4 members (excludes halogenated alkanes) is 13. The number of allylic oxidation sites excluding steroid dienone is 16. The van der Waals surface area contributed by atoms with Crippen LogP contribution in [-0.2, 0) is 28.6 Å². The number of carbonyl (C=O) groups excluding carboxylic acids is 3. The van der Waals surface area contributed by atoms with Gasteiger partial charge in [0.15, 0.2) is 6.10 Å². The summed E-state index contributed by atoms with van der Waals surface area (Å²) in [6.07, 6.45) is 59.6. The van der Waals surface area contributed by atoms with Crippen LogP contribution in [-0.4, -0.2) is 37.2 Å². The minimum absolute atomic E-state index is 0.108. The molecule has 0 aromatic heterocycles. The first-order valence-corrected chi connectivity index (χ1v) is 23.2. The lowest BCUT2D eigenvalue weighted by Crippen LogP contribution is -2.30. The van der Waals surface area contributed by atoms with Gasteiger partial charge in [0.05, 0.1) is 0 Å². The molecule has 0 amide bonds. The summed E-state index contributed by atoms with van der Waals surface area (Å²) in [5, 5.41) is 0. The van der Waals surface area contributed by atoms with Crippen molar-refractivity contribution in [3.63, 3.8) is 0 Å². The van der Waals surface area contributed by atoms with E-state index in [0.29, 0.717) is 12.8 Å². The van der Waals surface area contributed by atoms with E-state index in [2.05, 4.69) is 118 Å². The lowest BCUT2D eigenvalue weighted by molar-refractivity contribution is -0.167. The molecule has 0 saturated carbocycles. The van der Waals surface area contributed by atoms with Gasteiger partial charge in [-0.1, -0.05) is 163 Å². The second-order valence-electron chi connectivity index (χ2n) is 14.9. The average Bonchev–Trinajstić information content (AvgIpc) is 3.22. The number of rotatable bonds is 40. The van der Waals surface area contributed by atoms with Gasteiger partial charge >= 0.3 is 17.9 Å².